The summed E-state index contributed by atoms with van der Waals surface area (Å²) in [5, 5.41) is 0. The molecule has 0 amide bonds. The van der Waals surface area contributed by atoms with Crippen LogP contribution < -0.4 is 0 Å². The number of ether oxygens (including phenoxy) is 1. The molecule has 19 heavy (non-hydrogen) atoms. The Bertz CT molecular complexity index is 468. The minimum absolute atomic E-state index is 0.485. The molecule has 4 rings (SSSR count). The number of likely N-dealkylation sites (tertiary alicyclic amines) is 1. The summed E-state index contributed by atoms with van der Waals surface area (Å²) in [7, 11) is 0. The van der Waals surface area contributed by atoms with E-state index in [0.29, 0.717) is 5.41 Å². The molecule has 2 aliphatic heterocycles. The molecular weight excluding hydrogens is 302 g/mol. The molecule has 0 spiro atoms. The molecule has 3 heteroatoms. The zero-order chi connectivity index (χ0) is 12.9. The summed E-state index contributed by atoms with van der Waals surface area (Å²) in [6.07, 6.45) is 3.85. The van der Waals surface area contributed by atoms with Crippen LogP contribution in [0.25, 0.3) is 0 Å². The van der Waals surface area contributed by atoms with Crippen molar-refractivity contribution in [2.75, 3.05) is 26.3 Å². The average molecular weight is 322 g/mol. The first-order valence-electron chi connectivity index (χ1n) is 7.36. The Morgan fingerprint density at radius 1 is 1.16 bits per heavy atom. The molecule has 1 aromatic carbocycles. The quantitative estimate of drug-likeness (QED) is 0.829. The third kappa shape index (κ3) is 2.07. The van der Waals surface area contributed by atoms with Crippen molar-refractivity contribution in [3.63, 3.8) is 0 Å². The summed E-state index contributed by atoms with van der Waals surface area (Å²) in [5.74, 6) is 0.900. The fourth-order valence-electron chi connectivity index (χ4n) is 4.08. The van der Waals surface area contributed by atoms with Gasteiger partial charge in [0, 0.05) is 42.2 Å². The molecule has 2 heterocycles. The second-order valence-corrected chi connectivity index (χ2v) is 7.25. The van der Waals surface area contributed by atoms with E-state index in [1.54, 1.807) is 5.56 Å². The van der Waals surface area contributed by atoms with E-state index in [2.05, 4.69) is 45.1 Å². The maximum atomic E-state index is 5.49. The second-order valence-electron chi connectivity index (χ2n) is 6.34. The lowest BCUT2D eigenvalue weighted by Crippen LogP contribution is -2.40. The number of hydrogen-bond donors (Lipinski definition) is 0. The van der Waals surface area contributed by atoms with E-state index in [1.165, 1.54) is 36.8 Å². The summed E-state index contributed by atoms with van der Waals surface area (Å²) < 4.78 is 6.67. The van der Waals surface area contributed by atoms with Crippen LogP contribution >= 0.6 is 15.9 Å². The van der Waals surface area contributed by atoms with Crippen LogP contribution in [0.3, 0.4) is 0 Å². The molecule has 1 aromatic rings. The van der Waals surface area contributed by atoms with Crippen molar-refractivity contribution < 1.29 is 4.74 Å². The number of hydrogen-bond acceptors (Lipinski definition) is 2. The van der Waals surface area contributed by atoms with Crippen LogP contribution in [0.15, 0.2) is 28.7 Å². The van der Waals surface area contributed by atoms with Crippen molar-refractivity contribution in [1.82, 2.24) is 4.90 Å². The van der Waals surface area contributed by atoms with Gasteiger partial charge in [0.25, 0.3) is 0 Å². The van der Waals surface area contributed by atoms with Gasteiger partial charge in [0.1, 0.15) is 0 Å². The molecule has 0 N–H and O–H groups in total. The predicted octanol–water partition coefficient (Wildman–Crippen LogP) is 3.20. The normalized spacial score (nSPS) is 35.3. The van der Waals surface area contributed by atoms with Crippen molar-refractivity contribution in [2.24, 2.45) is 5.92 Å². The zero-order valence-electron chi connectivity index (χ0n) is 11.1. The fraction of sp³-hybridized carbons (Fsp3) is 0.625. The van der Waals surface area contributed by atoms with E-state index in [1.807, 2.05) is 0 Å². The lowest BCUT2D eigenvalue weighted by molar-refractivity contribution is 0.0378. The van der Waals surface area contributed by atoms with Gasteiger partial charge in [-0.3, -0.25) is 4.90 Å². The zero-order valence-corrected chi connectivity index (χ0v) is 12.7. The Labute approximate surface area is 123 Å². The molecule has 0 radical (unpaired) electrons. The van der Waals surface area contributed by atoms with Crippen LogP contribution in [0.2, 0.25) is 0 Å². The van der Waals surface area contributed by atoms with Crippen molar-refractivity contribution in [3.8, 4) is 0 Å². The Kier molecular flexibility index (Phi) is 2.98. The SMILES string of the molecule is Brc1ccc([C@]23C[C@H]2CN(C2CCOCC2)C3)cc1. The molecule has 2 atom stereocenters. The van der Waals surface area contributed by atoms with E-state index < -0.39 is 0 Å². The molecule has 3 aliphatic rings. The van der Waals surface area contributed by atoms with Crippen LogP contribution in [0.4, 0.5) is 0 Å². The Morgan fingerprint density at radius 2 is 1.89 bits per heavy atom. The van der Waals surface area contributed by atoms with Crippen LogP contribution in [0.5, 0.6) is 0 Å². The van der Waals surface area contributed by atoms with E-state index in [-0.39, 0.29) is 0 Å². The van der Waals surface area contributed by atoms with E-state index in [4.69, 9.17) is 4.74 Å². The molecule has 102 valence electrons. The highest BCUT2D eigenvalue weighted by Crippen LogP contribution is 2.59. The first kappa shape index (κ1) is 12.4. The maximum absolute atomic E-state index is 5.49. The smallest absolute Gasteiger partial charge is 0.0480 e. The third-order valence-corrected chi connectivity index (χ3v) is 5.83. The highest BCUT2D eigenvalue weighted by Gasteiger charge is 2.61. The van der Waals surface area contributed by atoms with Gasteiger partial charge < -0.3 is 4.74 Å². The van der Waals surface area contributed by atoms with Gasteiger partial charge in [-0.05, 0) is 42.9 Å². The summed E-state index contributed by atoms with van der Waals surface area (Å²) in [6, 6.07) is 9.79. The maximum Gasteiger partial charge on any atom is 0.0480 e. The van der Waals surface area contributed by atoms with Gasteiger partial charge in [-0.1, -0.05) is 28.1 Å². The molecule has 2 saturated heterocycles. The average Bonchev–Trinajstić information content (AvgIpc) is 3.03. The topological polar surface area (TPSA) is 12.5 Å². The molecule has 0 unspecified atom stereocenters. The molecule has 1 saturated carbocycles. The van der Waals surface area contributed by atoms with Crippen molar-refractivity contribution in [2.45, 2.75) is 30.7 Å². The van der Waals surface area contributed by atoms with Gasteiger partial charge in [0.2, 0.25) is 0 Å². The van der Waals surface area contributed by atoms with Crippen LogP contribution in [0.1, 0.15) is 24.8 Å². The summed E-state index contributed by atoms with van der Waals surface area (Å²) in [4.78, 5) is 2.73. The van der Waals surface area contributed by atoms with Crippen LogP contribution in [0, 0.1) is 5.92 Å². The molecule has 3 fully saturated rings. The number of halogens is 1. The minimum Gasteiger partial charge on any atom is -0.381 e. The largest absolute Gasteiger partial charge is 0.381 e. The lowest BCUT2D eigenvalue weighted by atomic mass is 9.95. The fourth-order valence-corrected chi connectivity index (χ4v) is 4.34. The first-order valence-corrected chi connectivity index (χ1v) is 8.15. The van der Waals surface area contributed by atoms with Gasteiger partial charge in [-0.15, -0.1) is 0 Å². The van der Waals surface area contributed by atoms with Gasteiger partial charge in [0.05, 0.1) is 0 Å². The highest BCUT2D eigenvalue weighted by atomic mass is 79.9. The standard InChI is InChI=1S/C16H20BrNO/c17-14-3-1-12(2-4-14)16-9-13(16)10-18(11-16)15-5-7-19-8-6-15/h1-4,13,15H,5-11H2/t13-,16+/m0/s1. The number of fused-ring (bicyclic) bond motifs is 1. The minimum atomic E-state index is 0.485. The van der Waals surface area contributed by atoms with Crippen molar-refractivity contribution >= 4 is 15.9 Å². The van der Waals surface area contributed by atoms with Crippen LogP contribution in [-0.2, 0) is 10.2 Å². The van der Waals surface area contributed by atoms with Crippen molar-refractivity contribution in [1.29, 1.82) is 0 Å². The second kappa shape index (κ2) is 4.57. The van der Waals surface area contributed by atoms with E-state index in [9.17, 15) is 0 Å². The van der Waals surface area contributed by atoms with Crippen LogP contribution in [-0.4, -0.2) is 37.2 Å². The van der Waals surface area contributed by atoms with E-state index in [0.717, 1.165) is 25.2 Å². The Morgan fingerprint density at radius 3 is 2.63 bits per heavy atom. The number of piperidine rings is 1. The predicted molar refractivity (Wildman–Crippen MR) is 79.3 cm³/mol. The van der Waals surface area contributed by atoms with Crippen molar-refractivity contribution in [3.05, 3.63) is 34.3 Å². The Balaban J connectivity index is 1.51. The van der Waals surface area contributed by atoms with Gasteiger partial charge in [-0.2, -0.15) is 0 Å². The Hall–Kier alpha value is -0.380. The molecule has 0 aromatic heterocycles. The molecular formula is C16H20BrNO. The third-order valence-electron chi connectivity index (χ3n) is 5.30. The molecule has 1 aliphatic carbocycles. The number of rotatable bonds is 2. The first-order chi connectivity index (χ1) is 9.28. The highest BCUT2D eigenvalue weighted by molar-refractivity contribution is 9.10. The summed E-state index contributed by atoms with van der Waals surface area (Å²) in [6.45, 7) is 4.49. The summed E-state index contributed by atoms with van der Waals surface area (Å²) in [5.41, 5.74) is 2.04. The van der Waals surface area contributed by atoms with Gasteiger partial charge in [-0.25, -0.2) is 0 Å². The number of nitrogens with zero attached hydrogens (tertiary/aromatic N) is 1. The number of benzene rings is 1. The molecule has 2 nitrogen and oxygen atoms in total. The monoisotopic (exact) mass is 321 g/mol. The lowest BCUT2D eigenvalue weighted by Gasteiger charge is -2.33. The molecule has 0 bridgehead atoms. The van der Waals surface area contributed by atoms with Gasteiger partial charge in [0.15, 0.2) is 0 Å². The van der Waals surface area contributed by atoms with E-state index >= 15 is 0 Å². The van der Waals surface area contributed by atoms with Gasteiger partial charge >= 0.3 is 0 Å². The summed E-state index contributed by atoms with van der Waals surface area (Å²) >= 11 is 3.54.